The molecule has 0 spiro atoms. The van der Waals surface area contributed by atoms with Crippen LogP contribution in [0.3, 0.4) is 0 Å². The van der Waals surface area contributed by atoms with Crippen LogP contribution in [0.4, 0.5) is 13.2 Å². The Balaban J connectivity index is 1.93. The van der Waals surface area contributed by atoms with Gasteiger partial charge in [0.2, 0.25) is 5.91 Å². The van der Waals surface area contributed by atoms with E-state index in [9.17, 15) is 18.0 Å². The van der Waals surface area contributed by atoms with E-state index in [-0.39, 0.29) is 17.9 Å². The van der Waals surface area contributed by atoms with Crippen LogP contribution < -0.4 is 0 Å². The summed E-state index contributed by atoms with van der Waals surface area (Å²) in [6.07, 6.45) is -1.13. The summed E-state index contributed by atoms with van der Waals surface area (Å²) in [5.74, 6) is -0.0722. The normalized spacial score (nSPS) is 26.9. The first kappa shape index (κ1) is 12.4. The Morgan fingerprint density at radius 1 is 1.37 bits per heavy atom. The minimum Gasteiger partial charge on any atom is -0.339 e. The predicted molar refractivity (Wildman–Crippen MR) is 61.3 cm³/mol. The molecule has 2 aliphatic heterocycles. The van der Waals surface area contributed by atoms with Crippen molar-refractivity contribution in [1.82, 2.24) is 9.88 Å². The van der Waals surface area contributed by atoms with E-state index in [1.165, 1.54) is 6.20 Å². The number of rotatable bonds is 1. The second kappa shape index (κ2) is 4.21. The van der Waals surface area contributed by atoms with Gasteiger partial charge in [-0.25, -0.2) is 0 Å². The molecule has 0 N–H and O–H groups in total. The molecule has 1 aromatic rings. The van der Waals surface area contributed by atoms with Crippen molar-refractivity contribution in [3.05, 3.63) is 29.6 Å². The van der Waals surface area contributed by atoms with Gasteiger partial charge in [0.05, 0.1) is 0 Å². The molecule has 0 saturated carbocycles. The predicted octanol–water partition coefficient (Wildman–Crippen LogP) is 2.58. The van der Waals surface area contributed by atoms with Gasteiger partial charge in [-0.1, -0.05) is 0 Å². The first-order valence-electron chi connectivity index (χ1n) is 6.29. The summed E-state index contributed by atoms with van der Waals surface area (Å²) in [4.78, 5) is 17.0. The van der Waals surface area contributed by atoms with Crippen LogP contribution in [0, 0.1) is 0 Å². The standard InChI is InChI=1S/C13H13F3N2O/c14-13(15,16)11-6-8(3-4-17-11)9-7-12(19)18-5-1-2-10(9)18/h3-4,6,9-10H,1-2,5,7H2. The number of hydrogen-bond donors (Lipinski definition) is 0. The van der Waals surface area contributed by atoms with E-state index < -0.39 is 11.9 Å². The molecule has 102 valence electrons. The van der Waals surface area contributed by atoms with Crippen molar-refractivity contribution in [1.29, 1.82) is 0 Å². The van der Waals surface area contributed by atoms with Crippen LogP contribution in [0.2, 0.25) is 0 Å². The molecule has 1 amide bonds. The minimum absolute atomic E-state index is 0.0536. The number of amides is 1. The van der Waals surface area contributed by atoms with Crippen molar-refractivity contribution in [2.45, 2.75) is 37.4 Å². The maximum absolute atomic E-state index is 12.7. The average Bonchev–Trinajstić information content (AvgIpc) is 2.93. The summed E-state index contributed by atoms with van der Waals surface area (Å²) in [5.41, 5.74) is -0.307. The minimum atomic E-state index is -4.44. The third-order valence-electron chi connectivity index (χ3n) is 3.98. The lowest BCUT2D eigenvalue weighted by molar-refractivity contribution is -0.141. The Morgan fingerprint density at radius 2 is 2.16 bits per heavy atom. The van der Waals surface area contributed by atoms with Crippen LogP contribution in [0.1, 0.15) is 36.4 Å². The van der Waals surface area contributed by atoms with Crippen LogP contribution in [-0.2, 0) is 11.0 Å². The quantitative estimate of drug-likeness (QED) is 0.785. The van der Waals surface area contributed by atoms with Gasteiger partial charge in [0.25, 0.3) is 0 Å². The number of alkyl halides is 3. The van der Waals surface area contributed by atoms with Crippen LogP contribution in [0.5, 0.6) is 0 Å². The van der Waals surface area contributed by atoms with Crippen molar-refractivity contribution in [3.8, 4) is 0 Å². The van der Waals surface area contributed by atoms with Gasteiger partial charge in [-0.3, -0.25) is 9.78 Å². The van der Waals surface area contributed by atoms with Gasteiger partial charge in [-0.05, 0) is 30.5 Å². The van der Waals surface area contributed by atoms with Gasteiger partial charge in [0.1, 0.15) is 5.69 Å². The Bertz CT molecular complexity index is 515. The number of fused-ring (bicyclic) bond motifs is 1. The number of aromatic nitrogens is 1. The zero-order chi connectivity index (χ0) is 13.6. The van der Waals surface area contributed by atoms with Crippen LogP contribution >= 0.6 is 0 Å². The molecule has 0 bridgehead atoms. The summed E-state index contributed by atoms with van der Waals surface area (Å²) in [5, 5.41) is 0. The molecular formula is C13H13F3N2O. The molecule has 3 nitrogen and oxygen atoms in total. The van der Waals surface area contributed by atoms with Crippen molar-refractivity contribution >= 4 is 5.91 Å². The van der Waals surface area contributed by atoms with E-state index in [0.29, 0.717) is 12.0 Å². The third kappa shape index (κ3) is 2.09. The molecule has 2 fully saturated rings. The van der Waals surface area contributed by atoms with Gasteiger partial charge in [0.15, 0.2) is 0 Å². The second-order valence-electron chi connectivity index (χ2n) is 5.08. The smallest absolute Gasteiger partial charge is 0.339 e. The van der Waals surface area contributed by atoms with Gasteiger partial charge >= 0.3 is 6.18 Å². The lowest BCUT2D eigenvalue weighted by atomic mass is 9.90. The molecule has 2 unspecified atom stereocenters. The first-order chi connectivity index (χ1) is 8.97. The molecule has 0 aliphatic carbocycles. The summed E-state index contributed by atoms with van der Waals surface area (Å²) >= 11 is 0. The number of hydrogen-bond acceptors (Lipinski definition) is 2. The SMILES string of the molecule is O=C1CC(c2ccnc(C(F)(F)F)c2)C2CCCN12. The summed E-state index contributed by atoms with van der Waals surface area (Å²) in [7, 11) is 0. The number of halogens is 3. The van der Waals surface area contributed by atoms with Gasteiger partial charge in [-0.2, -0.15) is 13.2 Å². The Morgan fingerprint density at radius 3 is 2.89 bits per heavy atom. The largest absolute Gasteiger partial charge is 0.433 e. The highest BCUT2D eigenvalue weighted by Crippen LogP contribution is 2.41. The van der Waals surface area contributed by atoms with E-state index in [2.05, 4.69) is 4.98 Å². The Kier molecular flexibility index (Phi) is 2.76. The fourth-order valence-corrected chi connectivity index (χ4v) is 3.13. The summed E-state index contributed by atoms with van der Waals surface area (Å²) in [6.45, 7) is 0.733. The summed E-state index contributed by atoms with van der Waals surface area (Å²) < 4.78 is 38.0. The van der Waals surface area contributed by atoms with Gasteiger partial charge < -0.3 is 4.90 Å². The highest BCUT2D eigenvalue weighted by Gasteiger charge is 2.43. The highest BCUT2D eigenvalue weighted by atomic mass is 19.4. The van der Waals surface area contributed by atoms with E-state index in [1.807, 2.05) is 0 Å². The molecule has 3 rings (SSSR count). The van der Waals surface area contributed by atoms with Crippen LogP contribution in [-0.4, -0.2) is 28.4 Å². The highest BCUT2D eigenvalue weighted by molar-refractivity contribution is 5.81. The maximum atomic E-state index is 12.7. The molecule has 19 heavy (non-hydrogen) atoms. The summed E-state index contributed by atoms with van der Waals surface area (Å²) in [6, 6.07) is 2.74. The lowest BCUT2D eigenvalue weighted by Gasteiger charge is -2.20. The second-order valence-corrected chi connectivity index (χ2v) is 5.08. The molecule has 2 atom stereocenters. The van der Waals surface area contributed by atoms with Gasteiger partial charge in [0, 0.05) is 31.1 Å². The zero-order valence-corrected chi connectivity index (χ0v) is 10.2. The molecule has 6 heteroatoms. The topological polar surface area (TPSA) is 33.2 Å². The first-order valence-corrected chi connectivity index (χ1v) is 6.29. The Labute approximate surface area is 108 Å². The average molecular weight is 270 g/mol. The fraction of sp³-hybridized carbons (Fsp3) is 0.538. The monoisotopic (exact) mass is 270 g/mol. The molecule has 1 aromatic heterocycles. The number of carbonyl (C=O) groups excluding carboxylic acids is 1. The number of nitrogens with zero attached hydrogens (tertiary/aromatic N) is 2. The molecule has 2 aliphatic rings. The van der Waals surface area contributed by atoms with Crippen LogP contribution in [0.15, 0.2) is 18.3 Å². The van der Waals surface area contributed by atoms with E-state index in [1.54, 1.807) is 11.0 Å². The molecule has 0 radical (unpaired) electrons. The van der Waals surface area contributed by atoms with E-state index in [0.717, 1.165) is 25.5 Å². The third-order valence-corrected chi connectivity index (χ3v) is 3.98. The van der Waals surface area contributed by atoms with Gasteiger partial charge in [-0.15, -0.1) is 0 Å². The van der Waals surface area contributed by atoms with Crippen molar-refractivity contribution in [3.63, 3.8) is 0 Å². The molecule has 2 saturated heterocycles. The molecular weight excluding hydrogens is 257 g/mol. The van der Waals surface area contributed by atoms with Crippen molar-refractivity contribution in [2.24, 2.45) is 0 Å². The van der Waals surface area contributed by atoms with E-state index >= 15 is 0 Å². The van der Waals surface area contributed by atoms with E-state index in [4.69, 9.17) is 0 Å². The van der Waals surface area contributed by atoms with Crippen LogP contribution in [0.25, 0.3) is 0 Å². The zero-order valence-electron chi connectivity index (χ0n) is 10.2. The molecule has 3 heterocycles. The molecule has 0 aromatic carbocycles. The number of pyridine rings is 1. The van der Waals surface area contributed by atoms with Crippen molar-refractivity contribution in [2.75, 3.05) is 6.54 Å². The number of carbonyl (C=O) groups is 1. The van der Waals surface area contributed by atoms with Crippen molar-refractivity contribution < 1.29 is 18.0 Å². The maximum Gasteiger partial charge on any atom is 0.433 e. The lowest BCUT2D eigenvalue weighted by Crippen LogP contribution is -2.28. The Hall–Kier alpha value is -1.59. The fourth-order valence-electron chi connectivity index (χ4n) is 3.13.